The maximum atomic E-state index is 11.9. The molecule has 2 rings (SSSR count). The molecule has 1 aliphatic heterocycles. The predicted octanol–water partition coefficient (Wildman–Crippen LogP) is 1.95. The molecule has 0 radical (unpaired) electrons. The van der Waals surface area contributed by atoms with E-state index in [1.807, 2.05) is 13.8 Å². The fraction of sp³-hybridized carbons (Fsp3) is 0.462. The minimum absolute atomic E-state index is 0.0153. The standard InChI is InChI=1S/C13H17NO2S/c1-9-3-5-11(6-4-9)13-14(7-8-15)12(16)10(2)17-13/h3-6,10,13,15H,7-8H2,1-2H3/t10-,13+/m1/s1. The van der Waals surface area contributed by atoms with Crippen molar-refractivity contribution in [1.82, 2.24) is 4.90 Å². The van der Waals surface area contributed by atoms with E-state index in [2.05, 4.69) is 24.3 Å². The van der Waals surface area contributed by atoms with Crippen LogP contribution in [0.1, 0.15) is 23.4 Å². The van der Waals surface area contributed by atoms with Crippen LogP contribution in [0, 0.1) is 6.92 Å². The first kappa shape index (κ1) is 12.5. The van der Waals surface area contributed by atoms with Gasteiger partial charge in [0.05, 0.1) is 11.9 Å². The number of aliphatic hydroxyl groups is 1. The smallest absolute Gasteiger partial charge is 0.236 e. The molecule has 1 N–H and O–H groups in total. The predicted molar refractivity (Wildman–Crippen MR) is 69.8 cm³/mol. The van der Waals surface area contributed by atoms with E-state index in [1.165, 1.54) is 5.56 Å². The molecule has 0 spiro atoms. The lowest BCUT2D eigenvalue weighted by molar-refractivity contribution is -0.130. The third-order valence-electron chi connectivity index (χ3n) is 2.95. The molecule has 1 saturated heterocycles. The van der Waals surface area contributed by atoms with Crippen molar-refractivity contribution >= 4 is 17.7 Å². The summed E-state index contributed by atoms with van der Waals surface area (Å²) >= 11 is 1.65. The highest BCUT2D eigenvalue weighted by atomic mass is 32.2. The van der Waals surface area contributed by atoms with Crippen LogP contribution in [0.15, 0.2) is 24.3 Å². The Hall–Kier alpha value is -1.00. The molecule has 17 heavy (non-hydrogen) atoms. The molecule has 1 aromatic carbocycles. The van der Waals surface area contributed by atoms with E-state index in [0.717, 1.165) is 5.56 Å². The van der Waals surface area contributed by atoms with Crippen LogP contribution in [-0.4, -0.2) is 34.3 Å². The molecule has 1 amide bonds. The van der Waals surface area contributed by atoms with Crippen LogP contribution in [0.4, 0.5) is 0 Å². The van der Waals surface area contributed by atoms with Gasteiger partial charge in [0.1, 0.15) is 5.37 Å². The van der Waals surface area contributed by atoms with Crippen molar-refractivity contribution in [2.75, 3.05) is 13.2 Å². The molecule has 0 aliphatic carbocycles. The minimum Gasteiger partial charge on any atom is -0.395 e. The van der Waals surface area contributed by atoms with Crippen molar-refractivity contribution < 1.29 is 9.90 Å². The van der Waals surface area contributed by atoms with Crippen molar-refractivity contribution in [3.8, 4) is 0 Å². The first-order valence-electron chi connectivity index (χ1n) is 5.77. The second-order valence-corrected chi connectivity index (χ2v) is 5.72. The van der Waals surface area contributed by atoms with Crippen LogP contribution in [0.2, 0.25) is 0 Å². The van der Waals surface area contributed by atoms with Gasteiger partial charge in [0.2, 0.25) is 5.91 Å². The van der Waals surface area contributed by atoms with Crippen LogP contribution in [0.5, 0.6) is 0 Å². The van der Waals surface area contributed by atoms with Crippen molar-refractivity contribution in [2.24, 2.45) is 0 Å². The van der Waals surface area contributed by atoms with E-state index >= 15 is 0 Å². The van der Waals surface area contributed by atoms with Gasteiger partial charge in [-0.05, 0) is 19.4 Å². The summed E-state index contributed by atoms with van der Waals surface area (Å²) in [6.07, 6.45) is 0. The van der Waals surface area contributed by atoms with Gasteiger partial charge in [-0.15, -0.1) is 11.8 Å². The van der Waals surface area contributed by atoms with Crippen LogP contribution >= 0.6 is 11.8 Å². The summed E-state index contributed by atoms with van der Waals surface area (Å²) in [6.45, 7) is 4.40. The van der Waals surface area contributed by atoms with E-state index in [9.17, 15) is 4.79 Å². The Morgan fingerprint density at radius 1 is 1.35 bits per heavy atom. The number of benzene rings is 1. The third-order valence-corrected chi connectivity index (χ3v) is 4.34. The number of rotatable bonds is 3. The number of nitrogens with zero attached hydrogens (tertiary/aromatic N) is 1. The number of β-amino-alcohol motifs (C(OH)–C–C–N with tert-alkyl or cyclic N) is 1. The Morgan fingerprint density at radius 2 is 2.00 bits per heavy atom. The number of carbonyl (C=O) groups excluding carboxylic acids is 1. The summed E-state index contributed by atoms with van der Waals surface area (Å²) in [5.74, 6) is 0.120. The molecule has 1 heterocycles. The SMILES string of the molecule is Cc1ccc([C@@H]2S[C@H](C)C(=O)N2CCO)cc1. The van der Waals surface area contributed by atoms with Gasteiger partial charge in [-0.3, -0.25) is 4.79 Å². The minimum atomic E-state index is -0.0205. The molecule has 1 fully saturated rings. The van der Waals surface area contributed by atoms with Gasteiger partial charge in [0.15, 0.2) is 0 Å². The molecule has 0 saturated carbocycles. The lowest BCUT2D eigenvalue weighted by Crippen LogP contribution is -2.32. The average Bonchev–Trinajstić information content (AvgIpc) is 2.59. The highest BCUT2D eigenvalue weighted by Crippen LogP contribution is 2.42. The fourth-order valence-electron chi connectivity index (χ4n) is 2.00. The summed E-state index contributed by atoms with van der Waals surface area (Å²) in [7, 11) is 0. The van der Waals surface area contributed by atoms with Crippen LogP contribution < -0.4 is 0 Å². The zero-order valence-corrected chi connectivity index (χ0v) is 10.9. The highest BCUT2D eigenvalue weighted by Gasteiger charge is 2.37. The average molecular weight is 251 g/mol. The fourth-order valence-corrected chi connectivity index (χ4v) is 3.31. The summed E-state index contributed by atoms with van der Waals surface area (Å²) in [5.41, 5.74) is 2.34. The van der Waals surface area contributed by atoms with Gasteiger partial charge in [-0.25, -0.2) is 0 Å². The Bertz CT molecular complexity index is 404. The third kappa shape index (κ3) is 2.48. The molecule has 0 aromatic heterocycles. The first-order valence-corrected chi connectivity index (χ1v) is 6.71. The second kappa shape index (κ2) is 5.10. The van der Waals surface area contributed by atoms with E-state index in [1.54, 1.807) is 16.7 Å². The Labute approximate surface area is 106 Å². The van der Waals surface area contributed by atoms with E-state index < -0.39 is 0 Å². The van der Waals surface area contributed by atoms with Gasteiger partial charge >= 0.3 is 0 Å². The van der Waals surface area contributed by atoms with Crippen molar-refractivity contribution in [2.45, 2.75) is 24.5 Å². The van der Waals surface area contributed by atoms with Gasteiger partial charge in [-0.1, -0.05) is 29.8 Å². The largest absolute Gasteiger partial charge is 0.395 e. The Morgan fingerprint density at radius 3 is 2.59 bits per heavy atom. The Balaban J connectivity index is 2.24. The van der Waals surface area contributed by atoms with Gasteiger partial charge in [0.25, 0.3) is 0 Å². The Kier molecular flexibility index (Phi) is 3.74. The van der Waals surface area contributed by atoms with Gasteiger partial charge in [0, 0.05) is 6.54 Å². The molecule has 1 aliphatic rings. The summed E-state index contributed by atoms with van der Waals surface area (Å²) in [5, 5.41) is 9.06. The summed E-state index contributed by atoms with van der Waals surface area (Å²) in [4.78, 5) is 13.7. The van der Waals surface area contributed by atoms with Crippen molar-refractivity contribution in [1.29, 1.82) is 0 Å². The quantitative estimate of drug-likeness (QED) is 0.892. The molecule has 3 nitrogen and oxygen atoms in total. The monoisotopic (exact) mass is 251 g/mol. The number of amides is 1. The van der Waals surface area contributed by atoms with Crippen LogP contribution in [0.25, 0.3) is 0 Å². The van der Waals surface area contributed by atoms with E-state index in [4.69, 9.17) is 5.11 Å². The van der Waals surface area contributed by atoms with Crippen LogP contribution in [-0.2, 0) is 4.79 Å². The molecule has 0 bridgehead atoms. The van der Waals surface area contributed by atoms with E-state index in [-0.39, 0.29) is 23.1 Å². The molecule has 92 valence electrons. The van der Waals surface area contributed by atoms with Crippen molar-refractivity contribution in [3.63, 3.8) is 0 Å². The number of thioether (sulfide) groups is 1. The lowest BCUT2D eigenvalue weighted by Gasteiger charge is -2.23. The number of hydrogen-bond donors (Lipinski definition) is 1. The lowest BCUT2D eigenvalue weighted by atomic mass is 10.1. The van der Waals surface area contributed by atoms with Crippen molar-refractivity contribution in [3.05, 3.63) is 35.4 Å². The molecule has 2 atom stereocenters. The second-order valence-electron chi connectivity index (χ2n) is 4.30. The molecule has 0 unspecified atom stereocenters. The molecule has 4 heteroatoms. The molecular weight excluding hydrogens is 234 g/mol. The van der Waals surface area contributed by atoms with E-state index in [0.29, 0.717) is 6.54 Å². The zero-order chi connectivity index (χ0) is 12.4. The zero-order valence-electron chi connectivity index (χ0n) is 10.1. The number of aryl methyl sites for hydroxylation is 1. The molecular formula is C13H17NO2S. The summed E-state index contributed by atoms with van der Waals surface area (Å²) < 4.78 is 0. The topological polar surface area (TPSA) is 40.5 Å². The maximum Gasteiger partial charge on any atom is 0.236 e. The summed E-state index contributed by atoms with van der Waals surface area (Å²) in [6, 6.07) is 8.23. The number of aliphatic hydroxyl groups excluding tert-OH is 1. The maximum absolute atomic E-state index is 11.9. The molecule has 1 aromatic rings. The highest BCUT2D eigenvalue weighted by molar-refractivity contribution is 8.01. The normalized spacial score (nSPS) is 24.4. The van der Waals surface area contributed by atoms with Gasteiger partial charge in [-0.2, -0.15) is 0 Å². The van der Waals surface area contributed by atoms with Gasteiger partial charge < -0.3 is 10.0 Å². The number of carbonyl (C=O) groups is 1. The number of hydrogen-bond acceptors (Lipinski definition) is 3. The van der Waals surface area contributed by atoms with Crippen LogP contribution in [0.3, 0.4) is 0 Å². The first-order chi connectivity index (χ1) is 8.13.